The van der Waals surface area contributed by atoms with Crippen molar-refractivity contribution in [3.63, 3.8) is 0 Å². The highest BCUT2D eigenvalue weighted by molar-refractivity contribution is 7.89. The van der Waals surface area contributed by atoms with Gasteiger partial charge in [0, 0.05) is 46.4 Å². The van der Waals surface area contributed by atoms with Gasteiger partial charge < -0.3 is 10.1 Å². The Morgan fingerprint density at radius 1 is 1.33 bits per heavy atom. The van der Waals surface area contributed by atoms with Crippen molar-refractivity contribution in [1.29, 1.82) is 0 Å². The predicted octanol–water partition coefficient (Wildman–Crippen LogP) is 0.0165. The number of ether oxygens (including phenoxy) is 1. The largest absolute Gasteiger partial charge is 0.380 e. The van der Waals surface area contributed by atoms with Crippen LogP contribution in [0.3, 0.4) is 0 Å². The zero-order chi connectivity index (χ0) is 15.1. The van der Waals surface area contributed by atoms with Gasteiger partial charge >= 0.3 is 0 Å². The van der Waals surface area contributed by atoms with Crippen LogP contribution in [0.1, 0.15) is 5.56 Å². The lowest BCUT2D eigenvalue weighted by atomic mass is 10.2. The highest BCUT2D eigenvalue weighted by Crippen LogP contribution is 2.12. The summed E-state index contributed by atoms with van der Waals surface area (Å²) in [5.74, 6) is 0. The second-order valence-electron chi connectivity index (χ2n) is 5.07. The van der Waals surface area contributed by atoms with Crippen LogP contribution in [0.25, 0.3) is 0 Å². The van der Waals surface area contributed by atoms with Gasteiger partial charge in [-0.15, -0.1) is 0 Å². The van der Waals surface area contributed by atoms with E-state index in [1.165, 1.54) is 0 Å². The molecule has 2 N–H and O–H groups in total. The van der Waals surface area contributed by atoms with Crippen LogP contribution in [0.5, 0.6) is 0 Å². The standard InChI is InChI=1S/C14H23N3O3S/c1-20-12-13-3-2-4-14(11-13)21(18,19)16-7-10-17-8-5-15-6-9-17/h2-4,11,15-16H,5-10,12H2,1H3. The van der Waals surface area contributed by atoms with Crippen molar-refractivity contribution >= 4 is 10.0 Å². The van der Waals surface area contributed by atoms with Crippen LogP contribution in [-0.4, -0.2) is 59.7 Å². The van der Waals surface area contributed by atoms with Gasteiger partial charge in [-0.25, -0.2) is 13.1 Å². The summed E-state index contributed by atoms with van der Waals surface area (Å²) in [6.45, 7) is 5.42. The van der Waals surface area contributed by atoms with Gasteiger partial charge in [0.05, 0.1) is 11.5 Å². The fraction of sp³-hybridized carbons (Fsp3) is 0.571. The molecule has 0 bridgehead atoms. The van der Waals surface area contributed by atoms with E-state index in [2.05, 4.69) is 14.9 Å². The van der Waals surface area contributed by atoms with Crippen LogP contribution in [0, 0.1) is 0 Å². The molecule has 2 rings (SSSR count). The van der Waals surface area contributed by atoms with Crippen molar-refractivity contribution in [2.24, 2.45) is 0 Å². The minimum absolute atomic E-state index is 0.289. The third kappa shape index (κ3) is 5.05. The summed E-state index contributed by atoms with van der Waals surface area (Å²) in [5, 5.41) is 3.27. The van der Waals surface area contributed by atoms with Crippen LogP contribution >= 0.6 is 0 Å². The van der Waals surface area contributed by atoms with Gasteiger partial charge in [-0.2, -0.15) is 0 Å². The molecule has 0 saturated carbocycles. The Morgan fingerprint density at radius 2 is 2.10 bits per heavy atom. The van der Waals surface area contributed by atoms with Crippen LogP contribution in [0.2, 0.25) is 0 Å². The average molecular weight is 313 g/mol. The molecule has 0 aromatic heterocycles. The minimum atomic E-state index is -3.45. The molecule has 1 aromatic carbocycles. The zero-order valence-electron chi connectivity index (χ0n) is 12.3. The topological polar surface area (TPSA) is 70.7 Å². The molecule has 0 spiro atoms. The number of piperazine rings is 1. The van der Waals surface area contributed by atoms with Crippen LogP contribution in [-0.2, 0) is 21.4 Å². The Balaban J connectivity index is 1.90. The average Bonchev–Trinajstić information content (AvgIpc) is 2.49. The molecule has 0 unspecified atom stereocenters. The van der Waals surface area contributed by atoms with E-state index in [1.807, 2.05) is 6.07 Å². The first-order valence-corrected chi connectivity index (χ1v) is 8.61. The van der Waals surface area contributed by atoms with Gasteiger partial charge in [0.1, 0.15) is 0 Å². The molecule has 7 heteroatoms. The summed E-state index contributed by atoms with van der Waals surface area (Å²) in [4.78, 5) is 2.54. The molecule has 0 amide bonds. The second-order valence-corrected chi connectivity index (χ2v) is 6.84. The number of hydrogen-bond acceptors (Lipinski definition) is 5. The number of hydrogen-bond donors (Lipinski definition) is 2. The smallest absolute Gasteiger partial charge is 0.240 e. The molecule has 0 radical (unpaired) electrons. The van der Waals surface area contributed by atoms with Gasteiger partial charge in [-0.05, 0) is 17.7 Å². The lowest BCUT2D eigenvalue weighted by molar-refractivity contribution is 0.184. The Hall–Kier alpha value is -0.990. The maximum absolute atomic E-state index is 12.2. The third-order valence-corrected chi connectivity index (χ3v) is 4.91. The molecule has 1 heterocycles. The number of sulfonamides is 1. The van der Waals surface area contributed by atoms with E-state index in [4.69, 9.17) is 4.74 Å². The Morgan fingerprint density at radius 3 is 2.81 bits per heavy atom. The highest BCUT2D eigenvalue weighted by Gasteiger charge is 2.15. The van der Waals surface area contributed by atoms with Gasteiger partial charge in [0.2, 0.25) is 10.0 Å². The number of benzene rings is 1. The molecule has 21 heavy (non-hydrogen) atoms. The van der Waals surface area contributed by atoms with E-state index in [0.717, 1.165) is 38.3 Å². The fourth-order valence-electron chi connectivity index (χ4n) is 2.33. The van der Waals surface area contributed by atoms with Crippen molar-refractivity contribution in [2.45, 2.75) is 11.5 Å². The lowest BCUT2D eigenvalue weighted by Gasteiger charge is -2.27. The number of rotatable bonds is 7. The quantitative estimate of drug-likeness (QED) is 0.742. The van der Waals surface area contributed by atoms with E-state index in [1.54, 1.807) is 25.3 Å². The summed E-state index contributed by atoms with van der Waals surface area (Å²) in [6.07, 6.45) is 0. The Bertz CT molecular complexity index is 542. The molecule has 1 aromatic rings. The summed E-state index contributed by atoms with van der Waals surface area (Å²) >= 11 is 0. The number of methoxy groups -OCH3 is 1. The van der Waals surface area contributed by atoms with E-state index < -0.39 is 10.0 Å². The van der Waals surface area contributed by atoms with E-state index in [9.17, 15) is 8.42 Å². The van der Waals surface area contributed by atoms with Gasteiger partial charge in [0.15, 0.2) is 0 Å². The number of nitrogens with one attached hydrogen (secondary N) is 2. The summed E-state index contributed by atoms with van der Waals surface area (Å²) in [5.41, 5.74) is 0.850. The molecule has 1 fully saturated rings. The van der Waals surface area contributed by atoms with Crippen molar-refractivity contribution in [2.75, 3.05) is 46.4 Å². The minimum Gasteiger partial charge on any atom is -0.380 e. The summed E-state index contributed by atoms with van der Waals surface area (Å²) < 4.78 is 32.2. The molecular formula is C14H23N3O3S. The number of nitrogens with zero attached hydrogens (tertiary/aromatic N) is 1. The van der Waals surface area contributed by atoms with E-state index in [-0.39, 0.29) is 4.90 Å². The third-order valence-electron chi connectivity index (χ3n) is 3.45. The van der Waals surface area contributed by atoms with Crippen LogP contribution in [0.4, 0.5) is 0 Å². The SMILES string of the molecule is COCc1cccc(S(=O)(=O)NCCN2CCNCC2)c1. The molecule has 1 saturated heterocycles. The molecular weight excluding hydrogens is 290 g/mol. The first-order valence-electron chi connectivity index (χ1n) is 7.12. The fourth-order valence-corrected chi connectivity index (χ4v) is 3.42. The maximum Gasteiger partial charge on any atom is 0.240 e. The zero-order valence-corrected chi connectivity index (χ0v) is 13.2. The molecule has 1 aliphatic heterocycles. The van der Waals surface area contributed by atoms with Crippen molar-refractivity contribution in [3.05, 3.63) is 29.8 Å². The normalized spacial score (nSPS) is 17.0. The second kappa shape index (κ2) is 7.86. The van der Waals surface area contributed by atoms with Gasteiger partial charge in [0.25, 0.3) is 0 Å². The molecule has 6 nitrogen and oxygen atoms in total. The highest BCUT2D eigenvalue weighted by atomic mass is 32.2. The van der Waals surface area contributed by atoms with Crippen LogP contribution < -0.4 is 10.0 Å². The van der Waals surface area contributed by atoms with Crippen molar-refractivity contribution in [3.8, 4) is 0 Å². The first-order chi connectivity index (χ1) is 10.1. The summed E-state index contributed by atoms with van der Waals surface area (Å²) in [6, 6.07) is 6.84. The van der Waals surface area contributed by atoms with Gasteiger partial charge in [-0.1, -0.05) is 12.1 Å². The Kier molecular flexibility index (Phi) is 6.13. The van der Waals surface area contributed by atoms with Crippen molar-refractivity contribution in [1.82, 2.24) is 14.9 Å². The first kappa shape index (κ1) is 16.4. The maximum atomic E-state index is 12.2. The summed E-state index contributed by atoms with van der Waals surface area (Å²) in [7, 11) is -1.86. The predicted molar refractivity (Wildman–Crippen MR) is 81.7 cm³/mol. The van der Waals surface area contributed by atoms with E-state index in [0.29, 0.717) is 13.2 Å². The molecule has 118 valence electrons. The van der Waals surface area contributed by atoms with Gasteiger partial charge in [-0.3, -0.25) is 4.90 Å². The molecule has 1 aliphatic rings. The Labute approximate surface area is 126 Å². The monoisotopic (exact) mass is 313 g/mol. The van der Waals surface area contributed by atoms with Crippen molar-refractivity contribution < 1.29 is 13.2 Å². The molecule has 0 aliphatic carbocycles. The lowest BCUT2D eigenvalue weighted by Crippen LogP contribution is -2.46. The molecule has 0 atom stereocenters. The van der Waals surface area contributed by atoms with E-state index >= 15 is 0 Å². The van der Waals surface area contributed by atoms with Crippen LogP contribution in [0.15, 0.2) is 29.2 Å².